The summed E-state index contributed by atoms with van der Waals surface area (Å²) < 4.78 is 5.74. The number of hydrogen-bond donors (Lipinski definition) is 0. The molecule has 0 aromatic heterocycles. The molecule has 2 aromatic carbocycles. The molecular formula is C12H4Cl4OS. The fourth-order valence-corrected chi connectivity index (χ4v) is 3.72. The molecule has 0 radical (unpaired) electrons. The van der Waals surface area contributed by atoms with Gasteiger partial charge < -0.3 is 4.74 Å². The van der Waals surface area contributed by atoms with Crippen LogP contribution in [-0.2, 0) is 0 Å². The Morgan fingerprint density at radius 3 is 2.28 bits per heavy atom. The van der Waals surface area contributed by atoms with Gasteiger partial charge in [0, 0.05) is 0 Å². The summed E-state index contributed by atoms with van der Waals surface area (Å²) in [5.74, 6) is 1.19. The number of hydrogen-bond acceptors (Lipinski definition) is 2. The molecule has 18 heavy (non-hydrogen) atoms. The van der Waals surface area contributed by atoms with Crippen LogP contribution in [0.25, 0.3) is 0 Å². The third-order valence-corrected chi connectivity index (χ3v) is 5.50. The van der Waals surface area contributed by atoms with Crippen LogP contribution >= 0.6 is 58.2 Å². The predicted octanol–water partition coefficient (Wildman–Crippen LogP) is 6.56. The largest absolute Gasteiger partial charge is 0.453 e. The van der Waals surface area contributed by atoms with Crippen molar-refractivity contribution in [3.8, 4) is 11.5 Å². The first-order valence-electron chi connectivity index (χ1n) is 4.90. The monoisotopic (exact) mass is 336 g/mol. The van der Waals surface area contributed by atoms with Crippen molar-refractivity contribution in [2.45, 2.75) is 9.79 Å². The number of rotatable bonds is 0. The zero-order chi connectivity index (χ0) is 12.9. The number of benzene rings is 2. The van der Waals surface area contributed by atoms with E-state index >= 15 is 0 Å². The summed E-state index contributed by atoms with van der Waals surface area (Å²) in [7, 11) is 0. The zero-order valence-electron chi connectivity index (χ0n) is 8.64. The molecule has 0 aliphatic carbocycles. The highest BCUT2D eigenvalue weighted by Crippen LogP contribution is 2.56. The van der Waals surface area contributed by atoms with Gasteiger partial charge in [0.1, 0.15) is 10.8 Å². The Bertz CT molecular complexity index is 601. The molecule has 2 aromatic rings. The highest BCUT2D eigenvalue weighted by molar-refractivity contribution is 7.99. The highest BCUT2D eigenvalue weighted by atomic mass is 35.5. The van der Waals surface area contributed by atoms with Gasteiger partial charge in [-0.25, -0.2) is 0 Å². The van der Waals surface area contributed by atoms with Crippen molar-refractivity contribution in [2.75, 3.05) is 0 Å². The molecule has 0 fully saturated rings. The average Bonchev–Trinajstić information content (AvgIpc) is 2.41. The van der Waals surface area contributed by atoms with E-state index in [1.807, 2.05) is 24.3 Å². The highest BCUT2D eigenvalue weighted by Gasteiger charge is 2.27. The summed E-state index contributed by atoms with van der Waals surface area (Å²) in [5.41, 5.74) is 0. The van der Waals surface area contributed by atoms with E-state index in [1.54, 1.807) is 0 Å². The zero-order valence-corrected chi connectivity index (χ0v) is 12.5. The summed E-state index contributed by atoms with van der Waals surface area (Å²) >= 11 is 25.8. The molecule has 6 heteroatoms. The summed E-state index contributed by atoms with van der Waals surface area (Å²) in [6.07, 6.45) is 0. The lowest BCUT2D eigenvalue weighted by molar-refractivity contribution is 0.455. The van der Waals surface area contributed by atoms with Crippen molar-refractivity contribution in [1.29, 1.82) is 0 Å². The van der Waals surface area contributed by atoms with Crippen molar-refractivity contribution >= 4 is 58.2 Å². The number of halogens is 4. The van der Waals surface area contributed by atoms with Crippen molar-refractivity contribution in [3.63, 3.8) is 0 Å². The van der Waals surface area contributed by atoms with E-state index in [0.717, 1.165) is 10.6 Å². The first kappa shape index (κ1) is 12.8. The Morgan fingerprint density at radius 2 is 1.50 bits per heavy atom. The standard InChI is InChI=1S/C12H4Cl4OS/c13-7-8(14)10(16)12-11(9(7)15)17-5-3-1-2-4-6(5)18-12/h1-4H. The average molecular weight is 338 g/mol. The Balaban J connectivity index is 2.25. The van der Waals surface area contributed by atoms with Crippen LogP contribution in [0, 0.1) is 0 Å². The van der Waals surface area contributed by atoms with E-state index in [0.29, 0.717) is 15.7 Å². The smallest absolute Gasteiger partial charge is 0.163 e. The third-order valence-electron chi connectivity index (χ3n) is 2.46. The second-order valence-electron chi connectivity index (χ2n) is 3.57. The Labute approximate surface area is 128 Å². The molecule has 3 rings (SSSR count). The second kappa shape index (κ2) is 4.69. The summed E-state index contributed by atoms with van der Waals surface area (Å²) in [6.45, 7) is 0. The molecule has 1 heterocycles. The molecule has 0 spiro atoms. The van der Waals surface area contributed by atoms with E-state index in [2.05, 4.69) is 0 Å². The van der Waals surface area contributed by atoms with Crippen LogP contribution in [0.3, 0.4) is 0 Å². The van der Waals surface area contributed by atoms with Crippen LogP contribution in [-0.4, -0.2) is 0 Å². The molecule has 92 valence electrons. The fourth-order valence-electron chi connectivity index (χ4n) is 1.61. The maximum absolute atomic E-state index is 6.18. The molecule has 0 bridgehead atoms. The van der Waals surface area contributed by atoms with E-state index in [1.165, 1.54) is 11.8 Å². The maximum atomic E-state index is 6.18. The maximum Gasteiger partial charge on any atom is 0.163 e. The predicted molar refractivity (Wildman–Crippen MR) is 77.1 cm³/mol. The molecule has 0 saturated heterocycles. The van der Waals surface area contributed by atoms with Crippen molar-refractivity contribution in [3.05, 3.63) is 44.4 Å². The molecule has 0 N–H and O–H groups in total. The minimum absolute atomic E-state index is 0.210. The Morgan fingerprint density at radius 1 is 0.833 bits per heavy atom. The second-order valence-corrected chi connectivity index (χ2v) is 6.13. The molecule has 0 atom stereocenters. The molecule has 0 unspecified atom stereocenters. The van der Waals surface area contributed by atoms with Crippen molar-refractivity contribution in [1.82, 2.24) is 0 Å². The Kier molecular flexibility index (Phi) is 3.33. The lowest BCUT2D eigenvalue weighted by atomic mass is 10.3. The Hall–Kier alpha value is -0.250. The molecule has 1 aliphatic heterocycles. The molecule has 1 nitrogen and oxygen atoms in total. The van der Waals surface area contributed by atoms with Gasteiger partial charge in [-0.3, -0.25) is 0 Å². The van der Waals surface area contributed by atoms with Gasteiger partial charge >= 0.3 is 0 Å². The molecule has 0 saturated carbocycles. The van der Waals surface area contributed by atoms with Crippen LogP contribution in [0.2, 0.25) is 20.1 Å². The van der Waals surface area contributed by atoms with Crippen LogP contribution < -0.4 is 4.74 Å². The quantitative estimate of drug-likeness (QED) is 0.339. The third kappa shape index (κ3) is 1.87. The van der Waals surface area contributed by atoms with Gasteiger partial charge in [0.15, 0.2) is 5.75 Å². The van der Waals surface area contributed by atoms with E-state index in [9.17, 15) is 0 Å². The molecular weight excluding hydrogens is 334 g/mol. The minimum atomic E-state index is 0.210. The van der Waals surface area contributed by atoms with Crippen molar-refractivity contribution in [2.24, 2.45) is 0 Å². The topological polar surface area (TPSA) is 9.23 Å². The lowest BCUT2D eigenvalue weighted by Gasteiger charge is -2.22. The van der Waals surface area contributed by atoms with Gasteiger partial charge in [0.05, 0.1) is 24.9 Å². The first-order valence-corrected chi connectivity index (χ1v) is 7.23. The van der Waals surface area contributed by atoms with E-state index < -0.39 is 0 Å². The van der Waals surface area contributed by atoms with E-state index in [-0.39, 0.29) is 15.1 Å². The lowest BCUT2D eigenvalue weighted by Crippen LogP contribution is -1.97. The minimum Gasteiger partial charge on any atom is -0.453 e. The fraction of sp³-hybridized carbons (Fsp3) is 0. The van der Waals surface area contributed by atoms with Crippen LogP contribution in [0.15, 0.2) is 34.1 Å². The number of ether oxygens (including phenoxy) is 1. The summed E-state index contributed by atoms with van der Waals surface area (Å²) in [5, 5.41) is 1.10. The summed E-state index contributed by atoms with van der Waals surface area (Å²) in [4.78, 5) is 1.65. The SMILES string of the molecule is Clc1c(Cl)c(Cl)c2c(c1Cl)Oc1ccccc1S2. The van der Waals surface area contributed by atoms with Gasteiger partial charge in [-0.1, -0.05) is 70.3 Å². The van der Waals surface area contributed by atoms with Gasteiger partial charge in [-0.15, -0.1) is 0 Å². The number of fused-ring (bicyclic) bond motifs is 2. The first-order chi connectivity index (χ1) is 8.59. The van der Waals surface area contributed by atoms with Crippen molar-refractivity contribution < 1.29 is 4.74 Å². The van der Waals surface area contributed by atoms with Crippen LogP contribution in [0.1, 0.15) is 0 Å². The van der Waals surface area contributed by atoms with Gasteiger partial charge in [-0.2, -0.15) is 0 Å². The van der Waals surface area contributed by atoms with Gasteiger partial charge in [0.25, 0.3) is 0 Å². The normalized spacial score (nSPS) is 12.7. The van der Waals surface area contributed by atoms with Gasteiger partial charge in [0.2, 0.25) is 0 Å². The van der Waals surface area contributed by atoms with E-state index in [4.69, 9.17) is 51.1 Å². The van der Waals surface area contributed by atoms with Crippen LogP contribution in [0.4, 0.5) is 0 Å². The molecule has 1 aliphatic rings. The molecule has 0 amide bonds. The summed E-state index contributed by atoms with van der Waals surface area (Å²) in [6, 6.07) is 7.61. The van der Waals surface area contributed by atoms with Gasteiger partial charge in [-0.05, 0) is 12.1 Å². The van der Waals surface area contributed by atoms with Crippen LogP contribution in [0.5, 0.6) is 11.5 Å². The number of para-hydroxylation sites is 1.